The van der Waals surface area contributed by atoms with E-state index < -0.39 is 0 Å². The van der Waals surface area contributed by atoms with Crippen molar-refractivity contribution in [2.75, 3.05) is 27.2 Å². The van der Waals surface area contributed by atoms with Gasteiger partial charge in [-0.3, -0.25) is 4.99 Å². The maximum atomic E-state index is 5.69. The van der Waals surface area contributed by atoms with Gasteiger partial charge in [-0.15, -0.1) is 0 Å². The van der Waals surface area contributed by atoms with Gasteiger partial charge in [0, 0.05) is 18.8 Å². The standard InChI is InChI=1S/C8H17N3S/c1-4-10-7-12-6-8(9)5-11(2)3/h6-7H,4-5,9H2,1-3H3/b8-6-,10-7?. The monoisotopic (exact) mass is 187 g/mol. The summed E-state index contributed by atoms with van der Waals surface area (Å²) in [6, 6.07) is 0. The third-order valence-corrected chi connectivity index (χ3v) is 1.75. The number of nitrogens with zero attached hydrogens (tertiary/aromatic N) is 2. The van der Waals surface area contributed by atoms with Crippen molar-refractivity contribution in [1.82, 2.24) is 4.90 Å². The zero-order valence-electron chi connectivity index (χ0n) is 7.95. The Morgan fingerprint density at radius 2 is 2.25 bits per heavy atom. The topological polar surface area (TPSA) is 41.6 Å². The molecule has 4 heteroatoms. The molecule has 0 bridgehead atoms. The molecule has 0 saturated heterocycles. The van der Waals surface area contributed by atoms with E-state index in [-0.39, 0.29) is 0 Å². The first-order chi connectivity index (χ1) is 5.66. The molecule has 0 rings (SSSR count). The predicted octanol–water partition coefficient (Wildman–Crippen LogP) is 1.13. The summed E-state index contributed by atoms with van der Waals surface area (Å²) in [7, 11) is 3.98. The highest BCUT2D eigenvalue weighted by Gasteiger charge is 1.91. The molecule has 0 aromatic heterocycles. The third-order valence-electron chi connectivity index (χ3n) is 1.04. The van der Waals surface area contributed by atoms with Crippen molar-refractivity contribution in [3.05, 3.63) is 11.1 Å². The Bertz CT molecular complexity index is 164. The van der Waals surface area contributed by atoms with E-state index in [1.54, 1.807) is 0 Å². The molecule has 0 spiro atoms. The molecule has 0 aliphatic carbocycles. The van der Waals surface area contributed by atoms with Crippen LogP contribution in [0.1, 0.15) is 6.92 Å². The molecule has 0 unspecified atom stereocenters. The molecule has 0 radical (unpaired) electrons. The first kappa shape index (κ1) is 11.5. The Morgan fingerprint density at radius 1 is 1.58 bits per heavy atom. The molecule has 0 fully saturated rings. The van der Waals surface area contributed by atoms with Crippen LogP contribution in [0.3, 0.4) is 0 Å². The number of aliphatic imine (C=N–C) groups is 1. The number of hydrogen-bond donors (Lipinski definition) is 1. The molecule has 2 N–H and O–H groups in total. The van der Waals surface area contributed by atoms with Gasteiger partial charge in [0.25, 0.3) is 0 Å². The minimum Gasteiger partial charge on any atom is -0.401 e. The van der Waals surface area contributed by atoms with Crippen molar-refractivity contribution in [3.8, 4) is 0 Å². The van der Waals surface area contributed by atoms with Crippen molar-refractivity contribution in [2.24, 2.45) is 10.7 Å². The summed E-state index contributed by atoms with van der Waals surface area (Å²) in [4.78, 5) is 6.08. The second-order valence-electron chi connectivity index (χ2n) is 2.67. The predicted molar refractivity (Wildman–Crippen MR) is 57.4 cm³/mol. The number of rotatable bonds is 5. The van der Waals surface area contributed by atoms with Crippen LogP contribution in [0.25, 0.3) is 0 Å². The van der Waals surface area contributed by atoms with E-state index in [1.807, 2.05) is 36.9 Å². The summed E-state index contributed by atoms with van der Waals surface area (Å²) in [5, 5.41) is 1.92. The van der Waals surface area contributed by atoms with E-state index in [2.05, 4.69) is 4.99 Å². The Hall–Kier alpha value is -0.480. The highest BCUT2D eigenvalue weighted by Crippen LogP contribution is 2.00. The van der Waals surface area contributed by atoms with Crippen LogP contribution in [-0.2, 0) is 0 Å². The van der Waals surface area contributed by atoms with Crippen LogP contribution < -0.4 is 5.73 Å². The van der Waals surface area contributed by atoms with E-state index in [4.69, 9.17) is 5.73 Å². The van der Waals surface area contributed by atoms with Crippen LogP contribution >= 0.6 is 11.8 Å². The molecule has 0 aliphatic heterocycles. The lowest BCUT2D eigenvalue weighted by atomic mass is 10.5. The Morgan fingerprint density at radius 3 is 2.75 bits per heavy atom. The second-order valence-corrected chi connectivity index (χ2v) is 3.39. The fourth-order valence-corrected chi connectivity index (χ4v) is 1.18. The summed E-state index contributed by atoms with van der Waals surface area (Å²) in [6.07, 6.45) is 0. The summed E-state index contributed by atoms with van der Waals surface area (Å²) < 4.78 is 0. The van der Waals surface area contributed by atoms with Gasteiger partial charge in [-0.05, 0) is 26.4 Å². The smallest absolute Gasteiger partial charge is 0.0583 e. The average molecular weight is 187 g/mol. The summed E-state index contributed by atoms with van der Waals surface area (Å²) in [5.74, 6) is 0. The van der Waals surface area contributed by atoms with Crippen LogP contribution in [-0.4, -0.2) is 37.6 Å². The molecular formula is C8H17N3S. The van der Waals surface area contributed by atoms with E-state index in [0.29, 0.717) is 0 Å². The number of nitrogens with two attached hydrogens (primary N) is 1. The molecule has 0 aliphatic rings. The molecule has 0 atom stereocenters. The van der Waals surface area contributed by atoms with Crippen molar-refractivity contribution < 1.29 is 0 Å². The minimum absolute atomic E-state index is 0.799. The fraction of sp³-hybridized carbons (Fsp3) is 0.625. The lowest BCUT2D eigenvalue weighted by Crippen LogP contribution is -2.19. The lowest BCUT2D eigenvalue weighted by molar-refractivity contribution is 0.444. The lowest BCUT2D eigenvalue weighted by Gasteiger charge is -2.08. The number of hydrogen-bond acceptors (Lipinski definition) is 4. The second kappa shape index (κ2) is 7.18. The van der Waals surface area contributed by atoms with Gasteiger partial charge < -0.3 is 10.6 Å². The third kappa shape index (κ3) is 7.63. The first-order valence-corrected chi connectivity index (χ1v) is 4.84. The van der Waals surface area contributed by atoms with Gasteiger partial charge in [-0.2, -0.15) is 0 Å². The van der Waals surface area contributed by atoms with Crippen LogP contribution in [0.4, 0.5) is 0 Å². The van der Waals surface area contributed by atoms with Crippen molar-refractivity contribution in [2.45, 2.75) is 6.92 Å². The fourth-order valence-electron chi connectivity index (χ4n) is 0.638. The van der Waals surface area contributed by atoms with Crippen LogP contribution in [0.15, 0.2) is 16.1 Å². The van der Waals surface area contributed by atoms with Crippen molar-refractivity contribution in [1.29, 1.82) is 0 Å². The Balaban J connectivity index is 3.61. The molecule has 3 nitrogen and oxygen atoms in total. The normalized spacial score (nSPS) is 13.2. The van der Waals surface area contributed by atoms with Gasteiger partial charge in [0.15, 0.2) is 0 Å². The summed E-state index contributed by atoms with van der Waals surface area (Å²) >= 11 is 1.52. The van der Waals surface area contributed by atoms with Crippen molar-refractivity contribution >= 4 is 17.3 Å². The Kier molecular flexibility index (Phi) is 6.90. The average Bonchev–Trinajstić information content (AvgIpc) is 1.97. The van der Waals surface area contributed by atoms with Gasteiger partial charge in [-0.1, -0.05) is 11.8 Å². The van der Waals surface area contributed by atoms with Crippen LogP contribution in [0.5, 0.6) is 0 Å². The van der Waals surface area contributed by atoms with Crippen LogP contribution in [0, 0.1) is 0 Å². The maximum Gasteiger partial charge on any atom is 0.0583 e. The van der Waals surface area contributed by atoms with E-state index in [1.165, 1.54) is 11.8 Å². The van der Waals surface area contributed by atoms with Gasteiger partial charge in [0.05, 0.1) is 5.55 Å². The van der Waals surface area contributed by atoms with Gasteiger partial charge in [-0.25, -0.2) is 0 Å². The van der Waals surface area contributed by atoms with E-state index >= 15 is 0 Å². The van der Waals surface area contributed by atoms with Gasteiger partial charge in [0.2, 0.25) is 0 Å². The highest BCUT2D eigenvalue weighted by molar-refractivity contribution is 8.14. The number of thioether (sulfide) groups is 1. The molecule has 0 aromatic rings. The SMILES string of the molecule is CCN=CS/C=C(\N)CN(C)C. The van der Waals surface area contributed by atoms with Crippen LogP contribution in [0.2, 0.25) is 0 Å². The first-order valence-electron chi connectivity index (χ1n) is 3.89. The van der Waals surface area contributed by atoms with E-state index in [9.17, 15) is 0 Å². The molecule has 0 saturated carbocycles. The van der Waals surface area contributed by atoms with E-state index in [0.717, 1.165) is 18.8 Å². The summed E-state index contributed by atoms with van der Waals surface area (Å²) in [5.41, 5.74) is 8.37. The largest absolute Gasteiger partial charge is 0.401 e. The number of likely N-dealkylation sites (N-methyl/N-ethyl adjacent to an activating group) is 1. The quantitative estimate of drug-likeness (QED) is 0.518. The molecule has 0 heterocycles. The van der Waals surface area contributed by atoms with Gasteiger partial charge >= 0.3 is 0 Å². The molecular weight excluding hydrogens is 170 g/mol. The minimum atomic E-state index is 0.799. The molecule has 12 heavy (non-hydrogen) atoms. The maximum absolute atomic E-state index is 5.69. The highest BCUT2D eigenvalue weighted by atomic mass is 32.2. The molecule has 0 aromatic carbocycles. The van der Waals surface area contributed by atoms with Crippen molar-refractivity contribution in [3.63, 3.8) is 0 Å². The van der Waals surface area contributed by atoms with Gasteiger partial charge in [0.1, 0.15) is 0 Å². The molecule has 0 amide bonds. The zero-order chi connectivity index (χ0) is 9.40. The molecule has 70 valence electrons. The zero-order valence-corrected chi connectivity index (χ0v) is 8.77. The summed E-state index contributed by atoms with van der Waals surface area (Å²) in [6.45, 7) is 3.63. The Labute approximate surface area is 78.7 Å².